The quantitative estimate of drug-likeness (QED) is 0.845. The van der Waals surface area contributed by atoms with Crippen molar-refractivity contribution in [1.29, 1.82) is 5.26 Å². The van der Waals surface area contributed by atoms with E-state index in [1.165, 1.54) is 0 Å². The summed E-state index contributed by atoms with van der Waals surface area (Å²) in [5.41, 5.74) is 2.13. The highest BCUT2D eigenvalue weighted by atomic mass is 32.1. The van der Waals surface area contributed by atoms with Crippen LogP contribution in [0.2, 0.25) is 0 Å². The van der Waals surface area contributed by atoms with Crippen LogP contribution in [0.4, 0.5) is 0 Å². The molecule has 0 bridgehead atoms. The number of ether oxygens (including phenoxy) is 1. The molecule has 0 amide bonds. The summed E-state index contributed by atoms with van der Waals surface area (Å²) in [5.74, 6) is 6.20. The molecule has 2 aromatic rings. The smallest absolute Gasteiger partial charge is 0.347 e. The normalized spacial score (nSPS) is 12.8. The van der Waals surface area contributed by atoms with Gasteiger partial charge in [-0.25, -0.2) is 9.78 Å². The van der Waals surface area contributed by atoms with E-state index >= 15 is 0 Å². The average Bonchev–Trinajstić information content (AvgIpc) is 3.33. The molecule has 1 saturated carbocycles. The molecule has 126 valence electrons. The van der Waals surface area contributed by atoms with Crippen molar-refractivity contribution in [1.82, 2.24) is 4.98 Å². The Hall–Kier alpha value is -2.83. The van der Waals surface area contributed by atoms with Gasteiger partial charge < -0.3 is 9.84 Å². The van der Waals surface area contributed by atoms with E-state index in [1.807, 2.05) is 6.92 Å². The summed E-state index contributed by atoms with van der Waals surface area (Å²) < 4.78 is 5.69. The van der Waals surface area contributed by atoms with Gasteiger partial charge in [0.15, 0.2) is 0 Å². The highest BCUT2D eigenvalue weighted by Crippen LogP contribution is 2.34. The first-order chi connectivity index (χ1) is 12.0. The fourth-order valence-electron chi connectivity index (χ4n) is 2.35. The Balaban J connectivity index is 2.11. The molecule has 25 heavy (non-hydrogen) atoms. The van der Waals surface area contributed by atoms with Crippen LogP contribution in [-0.2, 0) is 0 Å². The van der Waals surface area contributed by atoms with Crippen molar-refractivity contribution in [2.24, 2.45) is 5.92 Å². The topological polar surface area (TPSA) is 83.2 Å². The monoisotopic (exact) mass is 352 g/mol. The average molecular weight is 352 g/mol. The molecular weight excluding hydrogens is 336 g/mol. The molecule has 0 radical (unpaired) electrons. The van der Waals surface area contributed by atoms with E-state index in [2.05, 4.69) is 22.9 Å². The second-order valence-corrected chi connectivity index (χ2v) is 6.72. The van der Waals surface area contributed by atoms with Gasteiger partial charge in [0.25, 0.3) is 0 Å². The molecule has 0 unspecified atom stereocenters. The molecule has 0 aliphatic heterocycles. The molecular formula is C19H16N2O3S. The van der Waals surface area contributed by atoms with E-state index in [0.717, 1.165) is 24.2 Å². The molecule has 1 aromatic heterocycles. The van der Waals surface area contributed by atoms with Gasteiger partial charge >= 0.3 is 5.97 Å². The minimum atomic E-state index is -1.00. The van der Waals surface area contributed by atoms with Crippen LogP contribution < -0.4 is 4.74 Å². The molecule has 1 heterocycles. The predicted octanol–water partition coefficient (Wildman–Crippen LogP) is 3.85. The van der Waals surface area contributed by atoms with Crippen LogP contribution in [0.5, 0.6) is 5.75 Å². The summed E-state index contributed by atoms with van der Waals surface area (Å²) in [6.07, 6.45) is 2.21. The van der Waals surface area contributed by atoms with Crippen LogP contribution in [0.1, 0.15) is 46.3 Å². The maximum atomic E-state index is 11.2. The van der Waals surface area contributed by atoms with Gasteiger partial charge in [-0.1, -0.05) is 11.8 Å². The Bertz CT molecular complexity index is 940. The second kappa shape index (κ2) is 6.96. The van der Waals surface area contributed by atoms with Gasteiger partial charge in [-0.2, -0.15) is 5.26 Å². The van der Waals surface area contributed by atoms with Crippen molar-refractivity contribution in [3.05, 3.63) is 33.8 Å². The van der Waals surface area contributed by atoms with Gasteiger partial charge in [0.05, 0.1) is 23.4 Å². The number of carbonyl (C=O) groups is 1. The number of carboxylic acid groups (broad SMARTS) is 1. The lowest BCUT2D eigenvalue weighted by Gasteiger charge is -2.09. The Kier molecular flexibility index (Phi) is 4.74. The third-order valence-corrected chi connectivity index (χ3v) is 4.93. The third kappa shape index (κ3) is 3.65. The zero-order chi connectivity index (χ0) is 18.0. The molecule has 0 atom stereocenters. The number of carboxylic acids is 1. The largest absolute Gasteiger partial charge is 0.493 e. The summed E-state index contributed by atoms with van der Waals surface area (Å²) >= 11 is 1.09. The van der Waals surface area contributed by atoms with Crippen molar-refractivity contribution < 1.29 is 14.6 Å². The number of hydrogen-bond acceptors (Lipinski definition) is 5. The zero-order valence-corrected chi connectivity index (χ0v) is 14.7. The van der Waals surface area contributed by atoms with Crippen LogP contribution in [0, 0.1) is 36.0 Å². The van der Waals surface area contributed by atoms with E-state index in [-0.39, 0.29) is 4.88 Å². The lowest BCUT2D eigenvalue weighted by atomic mass is 10.0. The zero-order valence-electron chi connectivity index (χ0n) is 13.9. The minimum Gasteiger partial charge on any atom is -0.493 e. The first-order valence-corrected chi connectivity index (χ1v) is 8.78. The van der Waals surface area contributed by atoms with E-state index in [9.17, 15) is 15.2 Å². The molecule has 5 nitrogen and oxygen atoms in total. The van der Waals surface area contributed by atoms with Crippen LogP contribution in [0.15, 0.2) is 12.1 Å². The van der Waals surface area contributed by atoms with E-state index < -0.39 is 5.97 Å². The maximum Gasteiger partial charge on any atom is 0.347 e. The van der Waals surface area contributed by atoms with Crippen LogP contribution in [0.3, 0.4) is 0 Å². The summed E-state index contributed by atoms with van der Waals surface area (Å²) in [6, 6.07) is 5.65. The molecule has 1 aliphatic rings. The number of nitriles is 1. The summed E-state index contributed by atoms with van der Waals surface area (Å²) in [5, 5.41) is 19.3. The highest BCUT2D eigenvalue weighted by molar-refractivity contribution is 7.17. The summed E-state index contributed by atoms with van der Waals surface area (Å²) in [4.78, 5) is 15.8. The van der Waals surface area contributed by atoms with Gasteiger partial charge in [-0.3, -0.25) is 0 Å². The van der Waals surface area contributed by atoms with E-state index in [1.54, 1.807) is 19.1 Å². The van der Waals surface area contributed by atoms with Gasteiger partial charge in [0.1, 0.15) is 21.7 Å². The van der Waals surface area contributed by atoms with Gasteiger partial charge in [-0.05, 0) is 38.8 Å². The van der Waals surface area contributed by atoms with E-state index in [4.69, 9.17) is 4.74 Å². The Labute approximate surface area is 149 Å². The van der Waals surface area contributed by atoms with Gasteiger partial charge in [0.2, 0.25) is 0 Å². The Morgan fingerprint density at radius 3 is 2.80 bits per heavy atom. The summed E-state index contributed by atoms with van der Waals surface area (Å²) in [7, 11) is 0. The molecule has 0 spiro atoms. The highest BCUT2D eigenvalue weighted by Gasteiger charge is 2.20. The predicted molar refractivity (Wildman–Crippen MR) is 94.7 cm³/mol. The van der Waals surface area contributed by atoms with Crippen molar-refractivity contribution in [3.63, 3.8) is 0 Å². The fraction of sp³-hybridized carbons (Fsp3) is 0.316. The van der Waals surface area contributed by atoms with Crippen molar-refractivity contribution >= 4 is 17.3 Å². The SMILES string of the molecule is CCOc1cc(-c2nc(C)c(C(=O)O)s2)cc(C#N)c1C#CC1CC1. The molecule has 1 aliphatic carbocycles. The second-order valence-electron chi connectivity index (χ2n) is 5.72. The number of aryl methyl sites for hydroxylation is 1. The third-order valence-electron chi connectivity index (χ3n) is 3.74. The molecule has 6 heteroatoms. The molecule has 3 rings (SSSR count). The molecule has 0 saturated heterocycles. The Morgan fingerprint density at radius 2 is 2.24 bits per heavy atom. The molecule has 1 N–H and O–H groups in total. The number of hydrogen-bond donors (Lipinski definition) is 1. The van der Waals surface area contributed by atoms with Crippen LogP contribution in [0.25, 0.3) is 10.6 Å². The standard InChI is InChI=1S/C19H16N2O3S/c1-3-24-16-9-13(18-21-11(2)17(25-18)19(22)23)8-14(10-20)15(16)7-6-12-4-5-12/h8-9,12H,3-5H2,1-2H3,(H,22,23). The van der Waals surface area contributed by atoms with Crippen LogP contribution >= 0.6 is 11.3 Å². The lowest BCUT2D eigenvalue weighted by Crippen LogP contribution is -1.98. The number of thiazole rings is 1. The molecule has 1 aromatic carbocycles. The first-order valence-electron chi connectivity index (χ1n) is 7.97. The van der Waals surface area contributed by atoms with Crippen LogP contribution in [-0.4, -0.2) is 22.7 Å². The molecule has 1 fully saturated rings. The first kappa shape index (κ1) is 17.0. The minimum absolute atomic E-state index is 0.198. The van der Waals surface area contributed by atoms with Gasteiger partial charge in [0, 0.05) is 11.5 Å². The lowest BCUT2D eigenvalue weighted by molar-refractivity contribution is 0.0701. The number of rotatable bonds is 4. The van der Waals surface area contributed by atoms with Gasteiger partial charge in [-0.15, -0.1) is 11.3 Å². The fourth-order valence-corrected chi connectivity index (χ4v) is 3.24. The number of nitrogens with zero attached hydrogens (tertiary/aromatic N) is 2. The summed E-state index contributed by atoms with van der Waals surface area (Å²) in [6.45, 7) is 3.98. The number of benzene rings is 1. The van der Waals surface area contributed by atoms with Crippen molar-refractivity contribution in [3.8, 4) is 34.2 Å². The van der Waals surface area contributed by atoms with Crippen molar-refractivity contribution in [2.45, 2.75) is 26.7 Å². The van der Waals surface area contributed by atoms with Crippen molar-refractivity contribution in [2.75, 3.05) is 6.61 Å². The number of aromatic nitrogens is 1. The maximum absolute atomic E-state index is 11.2. The number of aromatic carboxylic acids is 1. The Morgan fingerprint density at radius 1 is 1.48 bits per heavy atom. The van der Waals surface area contributed by atoms with E-state index in [0.29, 0.717) is 45.7 Å².